The summed E-state index contributed by atoms with van der Waals surface area (Å²) in [4.78, 5) is 22.8. The summed E-state index contributed by atoms with van der Waals surface area (Å²) in [6, 6.07) is 1.79. The van der Waals surface area contributed by atoms with E-state index in [2.05, 4.69) is 0 Å². The van der Waals surface area contributed by atoms with E-state index in [4.69, 9.17) is 21.6 Å². The molecule has 0 unspecified atom stereocenters. The first kappa shape index (κ1) is 13.4. The maximum atomic E-state index is 11.9. The zero-order chi connectivity index (χ0) is 13.0. The van der Waals surface area contributed by atoms with Crippen LogP contribution in [0.4, 0.5) is 0 Å². The number of aldehydes is 1. The molecule has 0 saturated carbocycles. The van der Waals surface area contributed by atoms with Gasteiger partial charge in [0.15, 0.2) is 6.29 Å². The molecule has 0 amide bonds. The number of halogens is 1. The van der Waals surface area contributed by atoms with Crippen LogP contribution in [0.2, 0.25) is 5.15 Å². The van der Waals surface area contributed by atoms with Crippen LogP contribution in [0.15, 0.2) is 4.79 Å². The summed E-state index contributed by atoms with van der Waals surface area (Å²) in [6.45, 7) is 1.99. The van der Waals surface area contributed by atoms with Crippen LogP contribution in [0.3, 0.4) is 0 Å². The van der Waals surface area contributed by atoms with Gasteiger partial charge in [0.05, 0.1) is 18.7 Å². The molecule has 0 aliphatic carbocycles. The molecule has 1 aromatic rings. The summed E-state index contributed by atoms with van der Waals surface area (Å²) in [5.41, 5.74) is -0.0876. The van der Waals surface area contributed by atoms with Crippen molar-refractivity contribution in [1.29, 1.82) is 5.26 Å². The van der Waals surface area contributed by atoms with E-state index in [9.17, 15) is 9.59 Å². The number of pyridine rings is 1. The molecule has 0 fully saturated rings. The highest BCUT2D eigenvalue weighted by atomic mass is 35.5. The van der Waals surface area contributed by atoms with Crippen LogP contribution in [0.1, 0.15) is 21.5 Å². The van der Waals surface area contributed by atoms with Crippen LogP contribution in [0.5, 0.6) is 0 Å². The van der Waals surface area contributed by atoms with Gasteiger partial charge in [-0.3, -0.25) is 14.2 Å². The highest BCUT2D eigenvalue weighted by Crippen LogP contribution is 2.18. The van der Waals surface area contributed by atoms with E-state index in [0.717, 1.165) is 0 Å². The molecule has 1 heterocycles. The minimum Gasteiger partial charge on any atom is -0.383 e. The monoisotopic (exact) mass is 254 g/mol. The molecule has 1 rings (SSSR count). The highest BCUT2D eigenvalue weighted by molar-refractivity contribution is 6.32. The first-order valence-electron chi connectivity index (χ1n) is 4.85. The molecule has 5 nitrogen and oxygen atoms in total. The molecule has 1 aromatic heterocycles. The van der Waals surface area contributed by atoms with Gasteiger partial charge in [-0.05, 0) is 12.5 Å². The van der Waals surface area contributed by atoms with E-state index in [1.165, 1.54) is 18.6 Å². The van der Waals surface area contributed by atoms with Crippen LogP contribution >= 0.6 is 11.6 Å². The molecule has 0 atom stereocenters. The van der Waals surface area contributed by atoms with E-state index in [1.54, 1.807) is 6.07 Å². The van der Waals surface area contributed by atoms with Gasteiger partial charge in [-0.1, -0.05) is 11.6 Å². The fraction of sp³-hybridized carbons (Fsp3) is 0.364. The van der Waals surface area contributed by atoms with Gasteiger partial charge in [-0.25, -0.2) is 0 Å². The van der Waals surface area contributed by atoms with Gasteiger partial charge in [0.25, 0.3) is 5.56 Å². The van der Waals surface area contributed by atoms with Crippen molar-refractivity contribution in [3.63, 3.8) is 0 Å². The van der Waals surface area contributed by atoms with E-state index in [0.29, 0.717) is 11.8 Å². The second-order valence-electron chi connectivity index (χ2n) is 3.38. The lowest BCUT2D eigenvalue weighted by molar-refractivity contribution is 0.112. The fourth-order valence-electron chi connectivity index (χ4n) is 1.47. The van der Waals surface area contributed by atoms with Crippen LogP contribution in [0, 0.1) is 18.3 Å². The summed E-state index contributed by atoms with van der Waals surface area (Å²) >= 11 is 5.95. The number of nitrogens with zero attached hydrogens (tertiary/aromatic N) is 2. The number of ether oxygens (including phenoxy) is 1. The molecule has 90 valence electrons. The quantitative estimate of drug-likeness (QED) is 0.597. The number of aromatic nitrogens is 1. The standard InChI is InChI=1S/C11H11ClN2O3/c1-7-8(5-13)11(16)14(3-4-17-2)10(12)9(7)6-15/h6H,3-4H2,1-2H3. The number of hydrogen-bond donors (Lipinski definition) is 0. The Bertz CT molecular complexity index is 543. The summed E-state index contributed by atoms with van der Waals surface area (Å²) in [5, 5.41) is 8.95. The van der Waals surface area contributed by atoms with E-state index in [-0.39, 0.29) is 29.4 Å². The van der Waals surface area contributed by atoms with Gasteiger partial charge in [0.2, 0.25) is 0 Å². The molecule has 0 spiro atoms. The van der Waals surface area contributed by atoms with Gasteiger partial charge in [-0.15, -0.1) is 0 Å². The van der Waals surface area contributed by atoms with E-state index < -0.39 is 5.56 Å². The number of nitriles is 1. The van der Waals surface area contributed by atoms with Gasteiger partial charge < -0.3 is 4.74 Å². The normalized spacial score (nSPS) is 10.0. The van der Waals surface area contributed by atoms with Crippen LogP contribution in [-0.4, -0.2) is 24.6 Å². The molecule has 0 N–H and O–H groups in total. The topological polar surface area (TPSA) is 72.1 Å². The third-order valence-corrected chi connectivity index (χ3v) is 2.85. The van der Waals surface area contributed by atoms with Crippen molar-refractivity contribution in [2.24, 2.45) is 0 Å². The molecule has 0 bridgehead atoms. The zero-order valence-electron chi connectivity index (χ0n) is 9.49. The maximum Gasteiger partial charge on any atom is 0.269 e. The number of rotatable bonds is 4. The van der Waals surface area contributed by atoms with Crippen LogP contribution < -0.4 is 5.56 Å². The average molecular weight is 255 g/mol. The van der Waals surface area contributed by atoms with Crippen LogP contribution in [0.25, 0.3) is 0 Å². The Balaban J connectivity index is 3.55. The summed E-state index contributed by atoms with van der Waals surface area (Å²) in [5.74, 6) is 0. The molecular weight excluding hydrogens is 244 g/mol. The molecule has 6 heteroatoms. The Morgan fingerprint density at radius 1 is 1.59 bits per heavy atom. The highest BCUT2D eigenvalue weighted by Gasteiger charge is 2.17. The number of carbonyl (C=O) groups is 1. The SMILES string of the molecule is COCCn1c(Cl)c(C=O)c(C)c(C#N)c1=O. The molecule has 0 aliphatic heterocycles. The molecule has 0 saturated heterocycles. The predicted molar refractivity (Wildman–Crippen MR) is 62.4 cm³/mol. The minimum absolute atomic E-state index is 0.0403. The summed E-state index contributed by atoms with van der Waals surface area (Å²) in [7, 11) is 1.49. The lowest BCUT2D eigenvalue weighted by Crippen LogP contribution is -2.27. The molecule has 0 aromatic carbocycles. The van der Waals surface area contributed by atoms with Crippen LogP contribution in [-0.2, 0) is 11.3 Å². The van der Waals surface area contributed by atoms with Crippen molar-refractivity contribution >= 4 is 17.9 Å². The van der Waals surface area contributed by atoms with Crippen molar-refractivity contribution in [3.05, 3.63) is 32.2 Å². The second kappa shape index (κ2) is 5.62. The van der Waals surface area contributed by atoms with Crippen molar-refractivity contribution in [2.75, 3.05) is 13.7 Å². The van der Waals surface area contributed by atoms with Gasteiger partial charge >= 0.3 is 0 Å². The first-order valence-corrected chi connectivity index (χ1v) is 5.23. The summed E-state index contributed by atoms with van der Waals surface area (Å²) in [6.07, 6.45) is 0.543. The zero-order valence-corrected chi connectivity index (χ0v) is 10.2. The third kappa shape index (κ3) is 2.38. The lowest BCUT2D eigenvalue weighted by atomic mass is 10.1. The van der Waals surface area contributed by atoms with E-state index in [1.807, 2.05) is 0 Å². The Morgan fingerprint density at radius 2 is 2.24 bits per heavy atom. The Labute approximate surface area is 103 Å². The maximum absolute atomic E-state index is 11.9. The Morgan fingerprint density at radius 3 is 2.71 bits per heavy atom. The molecule has 0 aliphatic rings. The molecule has 17 heavy (non-hydrogen) atoms. The first-order chi connectivity index (χ1) is 8.08. The number of hydrogen-bond acceptors (Lipinski definition) is 4. The molecular formula is C11H11ClN2O3. The van der Waals surface area contributed by atoms with Crippen molar-refractivity contribution < 1.29 is 9.53 Å². The lowest BCUT2D eigenvalue weighted by Gasteiger charge is -2.12. The van der Waals surface area contributed by atoms with Gasteiger partial charge in [-0.2, -0.15) is 5.26 Å². The largest absolute Gasteiger partial charge is 0.383 e. The minimum atomic E-state index is -0.502. The van der Waals surface area contributed by atoms with Crippen molar-refractivity contribution in [2.45, 2.75) is 13.5 Å². The smallest absolute Gasteiger partial charge is 0.269 e. The Hall–Kier alpha value is -1.64. The number of methoxy groups -OCH3 is 1. The second-order valence-corrected chi connectivity index (χ2v) is 3.74. The summed E-state index contributed by atoms with van der Waals surface area (Å²) < 4.78 is 6.01. The third-order valence-electron chi connectivity index (χ3n) is 2.45. The fourth-order valence-corrected chi connectivity index (χ4v) is 1.82. The molecule has 0 radical (unpaired) electrons. The number of carbonyl (C=O) groups excluding carboxylic acids is 1. The average Bonchev–Trinajstić information content (AvgIpc) is 2.30. The Kier molecular flexibility index (Phi) is 4.44. The van der Waals surface area contributed by atoms with Crippen molar-refractivity contribution in [1.82, 2.24) is 4.57 Å². The van der Waals surface area contributed by atoms with Gasteiger partial charge in [0, 0.05) is 7.11 Å². The predicted octanol–water partition coefficient (Wildman–Crippen LogP) is 1.14. The van der Waals surface area contributed by atoms with E-state index >= 15 is 0 Å². The van der Waals surface area contributed by atoms with Crippen molar-refractivity contribution in [3.8, 4) is 6.07 Å². The van der Waals surface area contributed by atoms with Gasteiger partial charge in [0.1, 0.15) is 16.8 Å².